The summed E-state index contributed by atoms with van der Waals surface area (Å²) in [4.78, 5) is 23.8. The first-order valence-corrected chi connectivity index (χ1v) is 8.35. The van der Waals surface area contributed by atoms with Crippen molar-refractivity contribution < 1.29 is 19.1 Å². The van der Waals surface area contributed by atoms with Gasteiger partial charge in [-0.05, 0) is 49.7 Å². The molecule has 6 heteroatoms. The molecular weight excluding hydrogens is 342 g/mol. The fourth-order valence-electron chi connectivity index (χ4n) is 1.94. The van der Waals surface area contributed by atoms with E-state index < -0.39 is 5.97 Å². The van der Waals surface area contributed by atoms with Gasteiger partial charge in [-0.15, -0.1) is 0 Å². The third-order valence-corrected chi connectivity index (χ3v) is 3.83. The maximum atomic E-state index is 12.2. The maximum absolute atomic E-state index is 12.2. The smallest absolute Gasteiger partial charge is 0.344 e. The quantitative estimate of drug-likeness (QED) is 0.746. The van der Waals surface area contributed by atoms with E-state index in [2.05, 4.69) is 5.32 Å². The molecule has 5 nitrogen and oxygen atoms in total. The zero-order chi connectivity index (χ0) is 18.2. The molecular formula is C19H20ClNO4. The van der Waals surface area contributed by atoms with Crippen molar-refractivity contribution in [1.82, 2.24) is 0 Å². The topological polar surface area (TPSA) is 64.6 Å². The second kappa shape index (κ2) is 9.08. The van der Waals surface area contributed by atoms with Crippen LogP contribution >= 0.6 is 11.6 Å². The van der Waals surface area contributed by atoms with Crippen molar-refractivity contribution in [2.45, 2.75) is 26.4 Å². The zero-order valence-corrected chi connectivity index (χ0v) is 14.9. The summed E-state index contributed by atoms with van der Waals surface area (Å²) in [5, 5.41) is 3.21. The highest BCUT2D eigenvalue weighted by molar-refractivity contribution is 6.33. The summed E-state index contributed by atoms with van der Waals surface area (Å²) in [7, 11) is 0. The van der Waals surface area contributed by atoms with E-state index in [9.17, 15) is 9.59 Å². The highest BCUT2D eigenvalue weighted by Crippen LogP contribution is 2.21. The molecule has 25 heavy (non-hydrogen) atoms. The Hall–Kier alpha value is -2.53. The van der Waals surface area contributed by atoms with Gasteiger partial charge in [-0.1, -0.05) is 30.7 Å². The maximum Gasteiger partial charge on any atom is 0.344 e. The molecule has 0 aliphatic rings. The van der Waals surface area contributed by atoms with Crippen molar-refractivity contribution in [2.75, 3.05) is 11.9 Å². The molecule has 0 saturated carbocycles. The van der Waals surface area contributed by atoms with Gasteiger partial charge >= 0.3 is 5.97 Å². The average molecular weight is 362 g/mol. The molecule has 0 radical (unpaired) electrons. The van der Waals surface area contributed by atoms with Gasteiger partial charge in [-0.25, -0.2) is 4.79 Å². The van der Waals surface area contributed by atoms with E-state index in [1.165, 1.54) is 0 Å². The van der Waals surface area contributed by atoms with E-state index in [1.54, 1.807) is 48.5 Å². The largest absolute Gasteiger partial charge is 0.482 e. The van der Waals surface area contributed by atoms with E-state index in [0.717, 1.165) is 6.42 Å². The van der Waals surface area contributed by atoms with E-state index in [0.29, 0.717) is 22.0 Å². The fraction of sp³-hybridized carbons (Fsp3) is 0.263. The van der Waals surface area contributed by atoms with Gasteiger partial charge in [-0.3, -0.25) is 4.79 Å². The summed E-state index contributed by atoms with van der Waals surface area (Å²) in [6.45, 7) is 3.59. The summed E-state index contributed by atoms with van der Waals surface area (Å²) in [5.41, 5.74) is 0.997. The van der Waals surface area contributed by atoms with Crippen LogP contribution in [-0.4, -0.2) is 24.6 Å². The van der Waals surface area contributed by atoms with Crippen molar-refractivity contribution in [3.05, 3.63) is 59.1 Å². The number of nitrogens with one attached hydrogen (secondary N) is 1. The van der Waals surface area contributed by atoms with Crippen LogP contribution in [0.1, 0.15) is 30.6 Å². The zero-order valence-electron chi connectivity index (χ0n) is 14.1. The number of hydrogen-bond donors (Lipinski definition) is 1. The fourth-order valence-corrected chi connectivity index (χ4v) is 2.13. The number of rotatable bonds is 7. The monoisotopic (exact) mass is 361 g/mol. The van der Waals surface area contributed by atoms with Gasteiger partial charge in [0.15, 0.2) is 6.61 Å². The van der Waals surface area contributed by atoms with Crippen LogP contribution in [0.4, 0.5) is 5.69 Å². The number of carbonyl (C=O) groups is 2. The molecule has 1 atom stereocenters. The van der Waals surface area contributed by atoms with E-state index in [1.807, 2.05) is 13.8 Å². The van der Waals surface area contributed by atoms with Crippen LogP contribution in [0.2, 0.25) is 5.02 Å². The first-order chi connectivity index (χ1) is 12.0. The van der Waals surface area contributed by atoms with Gasteiger partial charge in [0.1, 0.15) is 5.75 Å². The number of anilines is 1. The Bertz CT molecular complexity index is 730. The van der Waals surface area contributed by atoms with Crippen LogP contribution in [0.25, 0.3) is 0 Å². The van der Waals surface area contributed by atoms with Gasteiger partial charge in [0.25, 0.3) is 5.91 Å². The van der Waals surface area contributed by atoms with Gasteiger partial charge in [0.2, 0.25) is 0 Å². The van der Waals surface area contributed by atoms with E-state index in [4.69, 9.17) is 21.1 Å². The number of ether oxygens (including phenoxy) is 2. The number of carbonyl (C=O) groups excluding carboxylic acids is 2. The second-order valence-corrected chi connectivity index (χ2v) is 5.86. The van der Waals surface area contributed by atoms with Crippen LogP contribution in [0.15, 0.2) is 48.5 Å². The lowest BCUT2D eigenvalue weighted by Crippen LogP contribution is -2.20. The Morgan fingerprint density at radius 2 is 1.80 bits per heavy atom. The molecule has 132 valence electrons. The first kappa shape index (κ1) is 18.8. The summed E-state index contributed by atoms with van der Waals surface area (Å²) in [6.07, 6.45) is 0.619. The van der Waals surface area contributed by atoms with Gasteiger partial charge < -0.3 is 14.8 Å². The number of hydrogen-bond acceptors (Lipinski definition) is 4. The number of esters is 1. The Kier molecular flexibility index (Phi) is 6.83. The summed E-state index contributed by atoms with van der Waals surface area (Å²) >= 11 is 6.02. The summed E-state index contributed by atoms with van der Waals surface area (Å²) < 4.78 is 10.5. The predicted octanol–water partition coefficient (Wildman–Crippen LogP) is 4.31. The average Bonchev–Trinajstić information content (AvgIpc) is 2.62. The second-order valence-electron chi connectivity index (χ2n) is 5.46. The number of para-hydroxylation sites is 1. The first-order valence-electron chi connectivity index (χ1n) is 7.97. The molecule has 0 heterocycles. The molecule has 1 amide bonds. The predicted molar refractivity (Wildman–Crippen MR) is 97.2 cm³/mol. The lowest BCUT2D eigenvalue weighted by molar-refractivity contribution is -0.150. The lowest BCUT2D eigenvalue weighted by Gasteiger charge is -2.12. The number of benzene rings is 2. The Balaban J connectivity index is 1.90. The molecule has 0 spiro atoms. The van der Waals surface area contributed by atoms with Crippen molar-refractivity contribution in [1.29, 1.82) is 0 Å². The Morgan fingerprint density at radius 3 is 2.44 bits per heavy atom. The van der Waals surface area contributed by atoms with E-state index in [-0.39, 0.29) is 18.6 Å². The molecule has 2 rings (SSSR count). The molecule has 0 unspecified atom stereocenters. The Labute approximate surface area is 151 Å². The van der Waals surface area contributed by atoms with Gasteiger partial charge in [-0.2, -0.15) is 0 Å². The highest BCUT2D eigenvalue weighted by atomic mass is 35.5. The van der Waals surface area contributed by atoms with E-state index >= 15 is 0 Å². The van der Waals surface area contributed by atoms with Crippen molar-refractivity contribution in [3.8, 4) is 5.75 Å². The number of halogens is 1. The summed E-state index contributed by atoms with van der Waals surface area (Å²) in [6, 6.07) is 13.5. The molecule has 2 aromatic rings. The molecule has 0 aliphatic heterocycles. The standard InChI is InChI=1S/C19H20ClNO4/c1-3-13(2)25-18(22)12-24-15-10-8-14(9-11-15)19(23)21-17-7-5-4-6-16(17)20/h4-11,13H,3,12H2,1-2H3,(H,21,23)/t13-/m1/s1. The molecule has 0 aliphatic carbocycles. The van der Waals surface area contributed by atoms with Crippen LogP contribution in [0.3, 0.4) is 0 Å². The molecule has 0 bridgehead atoms. The van der Waals surface area contributed by atoms with Crippen LogP contribution in [-0.2, 0) is 9.53 Å². The summed E-state index contributed by atoms with van der Waals surface area (Å²) in [5.74, 6) is -0.221. The molecule has 1 N–H and O–H groups in total. The highest BCUT2D eigenvalue weighted by Gasteiger charge is 2.10. The third-order valence-electron chi connectivity index (χ3n) is 3.50. The van der Waals surface area contributed by atoms with Gasteiger partial charge in [0.05, 0.1) is 16.8 Å². The minimum Gasteiger partial charge on any atom is -0.482 e. The molecule has 0 saturated heterocycles. The minimum atomic E-state index is -0.421. The normalized spacial score (nSPS) is 11.5. The molecule has 0 fully saturated rings. The minimum absolute atomic E-state index is 0.132. The van der Waals surface area contributed by atoms with Crippen LogP contribution in [0.5, 0.6) is 5.75 Å². The van der Waals surface area contributed by atoms with Crippen molar-refractivity contribution >= 4 is 29.2 Å². The lowest BCUT2D eigenvalue weighted by atomic mass is 10.2. The van der Waals surface area contributed by atoms with Crippen LogP contribution in [0, 0.1) is 0 Å². The van der Waals surface area contributed by atoms with Crippen molar-refractivity contribution in [3.63, 3.8) is 0 Å². The van der Waals surface area contributed by atoms with Crippen molar-refractivity contribution in [2.24, 2.45) is 0 Å². The molecule has 0 aromatic heterocycles. The SMILES string of the molecule is CC[C@@H](C)OC(=O)COc1ccc(C(=O)Nc2ccccc2Cl)cc1. The third kappa shape index (κ3) is 5.80. The Morgan fingerprint density at radius 1 is 1.12 bits per heavy atom. The van der Waals surface area contributed by atoms with Gasteiger partial charge in [0, 0.05) is 5.56 Å². The van der Waals surface area contributed by atoms with Crippen LogP contribution < -0.4 is 10.1 Å². The number of amides is 1. The molecule has 2 aromatic carbocycles.